The number of benzene rings is 1. The maximum Gasteiger partial charge on any atom is 0.222 e. The van der Waals surface area contributed by atoms with E-state index in [0.717, 1.165) is 64.5 Å². The molecule has 142 valence electrons. The number of ether oxygens (including phenoxy) is 2. The summed E-state index contributed by atoms with van der Waals surface area (Å²) in [6.45, 7) is 4.27. The highest BCUT2D eigenvalue weighted by molar-refractivity contribution is 5.76. The maximum absolute atomic E-state index is 12.5. The van der Waals surface area contributed by atoms with Gasteiger partial charge in [-0.15, -0.1) is 0 Å². The van der Waals surface area contributed by atoms with Gasteiger partial charge >= 0.3 is 0 Å². The molecule has 2 heterocycles. The van der Waals surface area contributed by atoms with E-state index in [1.807, 2.05) is 18.2 Å². The molecule has 1 aliphatic carbocycles. The molecule has 0 bridgehead atoms. The summed E-state index contributed by atoms with van der Waals surface area (Å²) in [6.07, 6.45) is 7.63. The van der Waals surface area contributed by atoms with Crippen LogP contribution in [0.3, 0.4) is 0 Å². The minimum Gasteiger partial charge on any atom is -0.378 e. The van der Waals surface area contributed by atoms with Crippen molar-refractivity contribution in [1.82, 2.24) is 4.90 Å². The number of rotatable bonds is 7. The van der Waals surface area contributed by atoms with Crippen molar-refractivity contribution in [3.05, 3.63) is 35.9 Å². The second kappa shape index (κ2) is 8.10. The van der Waals surface area contributed by atoms with Crippen LogP contribution in [0.5, 0.6) is 0 Å². The van der Waals surface area contributed by atoms with Crippen molar-refractivity contribution >= 4 is 5.91 Å². The Morgan fingerprint density at radius 3 is 2.65 bits per heavy atom. The van der Waals surface area contributed by atoms with E-state index in [1.54, 1.807) is 0 Å². The lowest BCUT2D eigenvalue weighted by Gasteiger charge is -2.38. The number of hydrogen-bond acceptors (Lipinski definition) is 3. The minimum absolute atomic E-state index is 0.258. The molecule has 0 radical (unpaired) electrons. The van der Waals surface area contributed by atoms with Crippen LogP contribution in [0.4, 0.5) is 0 Å². The smallest absolute Gasteiger partial charge is 0.222 e. The molecule has 1 spiro atoms. The molecular weight excluding hydrogens is 326 g/mol. The van der Waals surface area contributed by atoms with Crippen LogP contribution >= 0.6 is 0 Å². The fourth-order valence-corrected chi connectivity index (χ4v) is 4.29. The number of nitrogens with zero attached hydrogens (tertiary/aromatic N) is 1. The Balaban J connectivity index is 1.18. The quantitative estimate of drug-likeness (QED) is 0.750. The van der Waals surface area contributed by atoms with Crippen LogP contribution in [0.2, 0.25) is 0 Å². The second-order valence-corrected chi connectivity index (χ2v) is 8.48. The van der Waals surface area contributed by atoms with E-state index in [2.05, 4.69) is 17.0 Å². The molecule has 2 saturated heterocycles. The average molecular weight is 357 g/mol. The van der Waals surface area contributed by atoms with Gasteiger partial charge in [0.2, 0.25) is 5.91 Å². The third kappa shape index (κ3) is 4.66. The van der Waals surface area contributed by atoms with Crippen molar-refractivity contribution in [1.29, 1.82) is 0 Å². The van der Waals surface area contributed by atoms with Gasteiger partial charge in [-0.3, -0.25) is 4.79 Å². The standard InChI is InChI=1S/C22H31NO3/c24-21(9-8-18-4-2-1-3-5-18)23-12-10-22(11-13-23)14-20(26-17-22)16-25-15-19-6-7-19/h1-5,19-20H,6-17H2/t20-/m0/s1. The van der Waals surface area contributed by atoms with Gasteiger partial charge in [0.05, 0.1) is 19.3 Å². The molecule has 26 heavy (non-hydrogen) atoms. The highest BCUT2D eigenvalue weighted by atomic mass is 16.5. The third-order valence-corrected chi connectivity index (χ3v) is 6.29. The molecule has 1 amide bonds. The van der Waals surface area contributed by atoms with Crippen LogP contribution in [0, 0.1) is 11.3 Å². The first-order chi connectivity index (χ1) is 12.7. The summed E-state index contributed by atoms with van der Waals surface area (Å²) in [5.41, 5.74) is 1.52. The lowest BCUT2D eigenvalue weighted by molar-refractivity contribution is -0.133. The van der Waals surface area contributed by atoms with Gasteiger partial charge in [-0.1, -0.05) is 30.3 Å². The van der Waals surface area contributed by atoms with Crippen LogP contribution in [0.1, 0.15) is 44.1 Å². The van der Waals surface area contributed by atoms with Crippen LogP contribution < -0.4 is 0 Å². The highest BCUT2D eigenvalue weighted by Gasteiger charge is 2.43. The molecule has 1 aromatic rings. The summed E-state index contributed by atoms with van der Waals surface area (Å²) in [7, 11) is 0. The molecule has 2 aliphatic heterocycles. The van der Waals surface area contributed by atoms with Gasteiger partial charge in [0.1, 0.15) is 0 Å². The van der Waals surface area contributed by atoms with E-state index >= 15 is 0 Å². The van der Waals surface area contributed by atoms with Gasteiger partial charge in [0.15, 0.2) is 0 Å². The SMILES string of the molecule is O=C(CCc1ccccc1)N1CCC2(CC1)CO[C@H](COCC1CC1)C2. The van der Waals surface area contributed by atoms with Crippen molar-refractivity contribution in [2.75, 3.05) is 32.9 Å². The van der Waals surface area contributed by atoms with E-state index < -0.39 is 0 Å². The Morgan fingerprint density at radius 1 is 1.15 bits per heavy atom. The Morgan fingerprint density at radius 2 is 1.92 bits per heavy atom. The summed E-state index contributed by atoms with van der Waals surface area (Å²) < 4.78 is 11.8. The van der Waals surface area contributed by atoms with Crippen molar-refractivity contribution in [3.63, 3.8) is 0 Å². The van der Waals surface area contributed by atoms with Crippen LogP contribution in [0.25, 0.3) is 0 Å². The van der Waals surface area contributed by atoms with Crippen molar-refractivity contribution in [2.45, 2.75) is 51.0 Å². The molecule has 3 aliphatic rings. The van der Waals surface area contributed by atoms with E-state index in [0.29, 0.717) is 12.3 Å². The molecular formula is C22H31NO3. The largest absolute Gasteiger partial charge is 0.378 e. The number of carbonyl (C=O) groups excluding carboxylic acids is 1. The van der Waals surface area contributed by atoms with Crippen LogP contribution in [0.15, 0.2) is 30.3 Å². The van der Waals surface area contributed by atoms with Crippen LogP contribution in [-0.4, -0.2) is 49.8 Å². The molecule has 0 N–H and O–H groups in total. The molecule has 4 heteroatoms. The van der Waals surface area contributed by atoms with E-state index in [1.165, 1.54) is 18.4 Å². The Hall–Kier alpha value is -1.39. The Bertz CT molecular complexity index is 591. The summed E-state index contributed by atoms with van der Waals surface area (Å²) in [6, 6.07) is 10.3. The molecule has 0 aromatic heterocycles. The van der Waals surface area contributed by atoms with E-state index in [4.69, 9.17) is 9.47 Å². The summed E-state index contributed by atoms with van der Waals surface area (Å²) in [4.78, 5) is 14.6. The summed E-state index contributed by atoms with van der Waals surface area (Å²) in [5.74, 6) is 1.11. The molecule has 1 atom stereocenters. The fraction of sp³-hybridized carbons (Fsp3) is 0.682. The molecule has 1 aromatic carbocycles. The normalized spacial score (nSPS) is 24.9. The number of likely N-dealkylation sites (tertiary alicyclic amines) is 1. The molecule has 4 nitrogen and oxygen atoms in total. The van der Waals surface area contributed by atoms with Gasteiger partial charge in [-0.2, -0.15) is 0 Å². The Kier molecular flexibility index (Phi) is 5.60. The van der Waals surface area contributed by atoms with Crippen molar-refractivity contribution in [2.24, 2.45) is 11.3 Å². The predicted molar refractivity (Wildman–Crippen MR) is 101 cm³/mol. The van der Waals surface area contributed by atoms with Gasteiger partial charge in [0.25, 0.3) is 0 Å². The van der Waals surface area contributed by atoms with Crippen molar-refractivity contribution < 1.29 is 14.3 Å². The maximum atomic E-state index is 12.5. The Labute approximate surface area is 156 Å². The zero-order valence-electron chi connectivity index (χ0n) is 15.7. The lowest BCUT2D eigenvalue weighted by Crippen LogP contribution is -2.43. The zero-order chi connectivity index (χ0) is 17.8. The highest BCUT2D eigenvalue weighted by Crippen LogP contribution is 2.42. The first-order valence-electron chi connectivity index (χ1n) is 10.2. The van der Waals surface area contributed by atoms with E-state index in [-0.39, 0.29) is 11.5 Å². The molecule has 4 rings (SSSR count). The number of aryl methyl sites for hydroxylation is 1. The fourth-order valence-electron chi connectivity index (χ4n) is 4.29. The number of hydrogen-bond donors (Lipinski definition) is 0. The first-order valence-corrected chi connectivity index (χ1v) is 10.2. The summed E-state index contributed by atoms with van der Waals surface area (Å²) >= 11 is 0. The summed E-state index contributed by atoms with van der Waals surface area (Å²) in [5, 5.41) is 0. The van der Waals surface area contributed by atoms with Gasteiger partial charge in [0, 0.05) is 26.1 Å². The number of carbonyl (C=O) groups is 1. The third-order valence-electron chi connectivity index (χ3n) is 6.29. The topological polar surface area (TPSA) is 38.8 Å². The number of piperidine rings is 1. The molecule has 1 saturated carbocycles. The molecule has 0 unspecified atom stereocenters. The van der Waals surface area contributed by atoms with Gasteiger partial charge < -0.3 is 14.4 Å². The van der Waals surface area contributed by atoms with Gasteiger partial charge in [-0.05, 0) is 55.4 Å². The predicted octanol–water partition coefficient (Wildman–Crippen LogP) is 3.44. The van der Waals surface area contributed by atoms with E-state index in [9.17, 15) is 4.79 Å². The second-order valence-electron chi connectivity index (χ2n) is 8.48. The average Bonchev–Trinajstić information content (AvgIpc) is 3.42. The minimum atomic E-state index is 0.258. The first kappa shape index (κ1) is 18.0. The van der Waals surface area contributed by atoms with Crippen molar-refractivity contribution in [3.8, 4) is 0 Å². The van der Waals surface area contributed by atoms with Gasteiger partial charge in [-0.25, -0.2) is 0 Å². The molecule has 3 fully saturated rings. The zero-order valence-corrected chi connectivity index (χ0v) is 15.7. The number of amides is 1. The monoisotopic (exact) mass is 357 g/mol. The van der Waals surface area contributed by atoms with Crippen LogP contribution in [-0.2, 0) is 20.7 Å². The lowest BCUT2D eigenvalue weighted by atomic mass is 9.76.